The van der Waals surface area contributed by atoms with Crippen LogP contribution in [0.2, 0.25) is 0 Å². The lowest BCUT2D eigenvalue weighted by Gasteiger charge is -2.20. The van der Waals surface area contributed by atoms with Crippen LogP contribution < -0.4 is 0 Å². The first-order chi connectivity index (χ1) is 8.79. The van der Waals surface area contributed by atoms with Crippen LogP contribution in [0.3, 0.4) is 0 Å². The van der Waals surface area contributed by atoms with E-state index in [0.29, 0.717) is 19.7 Å². The SMILES string of the molecule is C=CCON1C(=O)N2CC(n3ncnn3)=CC1C2. The normalized spacial score (nSPS) is 22.3. The third kappa shape index (κ3) is 1.66. The minimum Gasteiger partial charge on any atom is -0.314 e. The second kappa shape index (κ2) is 4.22. The van der Waals surface area contributed by atoms with Crippen LogP contribution in [0.1, 0.15) is 0 Å². The van der Waals surface area contributed by atoms with Gasteiger partial charge in [0.05, 0.1) is 24.9 Å². The van der Waals surface area contributed by atoms with Gasteiger partial charge in [-0.1, -0.05) is 6.08 Å². The molecule has 1 unspecified atom stereocenters. The van der Waals surface area contributed by atoms with E-state index in [2.05, 4.69) is 22.0 Å². The maximum Gasteiger partial charge on any atom is 0.345 e. The number of tetrazole rings is 1. The Morgan fingerprint density at radius 1 is 1.61 bits per heavy atom. The molecule has 1 aromatic heterocycles. The van der Waals surface area contributed by atoms with Gasteiger partial charge in [0.25, 0.3) is 0 Å². The van der Waals surface area contributed by atoms with Gasteiger partial charge in [-0.15, -0.1) is 21.6 Å². The Morgan fingerprint density at radius 2 is 2.50 bits per heavy atom. The molecule has 1 aromatic rings. The highest BCUT2D eigenvalue weighted by Crippen LogP contribution is 2.25. The lowest BCUT2D eigenvalue weighted by Crippen LogP contribution is -2.33. The molecule has 1 atom stereocenters. The van der Waals surface area contributed by atoms with Gasteiger partial charge in [-0.3, -0.25) is 4.84 Å². The van der Waals surface area contributed by atoms with E-state index in [4.69, 9.17) is 4.84 Å². The smallest absolute Gasteiger partial charge is 0.314 e. The van der Waals surface area contributed by atoms with E-state index < -0.39 is 0 Å². The van der Waals surface area contributed by atoms with Crippen LogP contribution in [0.15, 0.2) is 25.1 Å². The standard InChI is InChI=1S/C10H12N6O2/c1-2-3-18-15-8-4-9(16-12-7-11-13-16)6-14(5-8)10(15)17/h2,4,7-8H,1,3,5-6H2. The highest BCUT2D eigenvalue weighted by molar-refractivity contribution is 5.80. The fraction of sp³-hybridized carbons (Fsp3) is 0.400. The summed E-state index contributed by atoms with van der Waals surface area (Å²) in [5.41, 5.74) is 0.821. The number of hydrogen-bond acceptors (Lipinski definition) is 5. The summed E-state index contributed by atoms with van der Waals surface area (Å²) >= 11 is 0. The van der Waals surface area contributed by atoms with Crippen molar-refractivity contribution in [2.24, 2.45) is 0 Å². The van der Waals surface area contributed by atoms with Gasteiger partial charge in [0.2, 0.25) is 0 Å². The second-order valence-corrected chi connectivity index (χ2v) is 4.02. The predicted octanol–water partition coefficient (Wildman–Crippen LogP) is -0.249. The quantitative estimate of drug-likeness (QED) is 0.687. The van der Waals surface area contributed by atoms with Crippen molar-refractivity contribution in [3.05, 3.63) is 25.1 Å². The van der Waals surface area contributed by atoms with Crippen LogP contribution in [0.25, 0.3) is 5.70 Å². The number of hydroxylamine groups is 2. The van der Waals surface area contributed by atoms with Crippen LogP contribution >= 0.6 is 0 Å². The third-order valence-corrected chi connectivity index (χ3v) is 2.84. The van der Waals surface area contributed by atoms with Gasteiger partial charge in [-0.2, -0.15) is 5.06 Å². The Bertz CT molecular complexity index is 496. The van der Waals surface area contributed by atoms with E-state index in [-0.39, 0.29) is 12.1 Å². The van der Waals surface area contributed by atoms with Crippen molar-refractivity contribution in [3.8, 4) is 0 Å². The minimum absolute atomic E-state index is 0.118. The monoisotopic (exact) mass is 248 g/mol. The maximum atomic E-state index is 12.0. The summed E-state index contributed by atoms with van der Waals surface area (Å²) in [4.78, 5) is 20.5. The van der Waals surface area contributed by atoms with Crippen molar-refractivity contribution in [1.82, 2.24) is 30.2 Å². The average Bonchev–Trinajstić information content (AvgIpc) is 2.98. The number of fused-ring (bicyclic) bond motifs is 2. The van der Waals surface area contributed by atoms with Crippen molar-refractivity contribution >= 4 is 11.7 Å². The van der Waals surface area contributed by atoms with Gasteiger partial charge in [-0.25, -0.2) is 4.79 Å². The lowest BCUT2D eigenvalue weighted by molar-refractivity contribution is -0.107. The lowest BCUT2D eigenvalue weighted by atomic mass is 10.2. The summed E-state index contributed by atoms with van der Waals surface area (Å²) in [7, 11) is 0. The van der Waals surface area contributed by atoms with E-state index in [1.807, 2.05) is 6.08 Å². The minimum atomic E-state index is -0.145. The second-order valence-electron chi connectivity index (χ2n) is 4.02. The summed E-state index contributed by atoms with van der Waals surface area (Å²) in [6, 6.07) is -0.264. The molecule has 0 N–H and O–H groups in total. The third-order valence-electron chi connectivity index (χ3n) is 2.84. The molecular weight excluding hydrogens is 236 g/mol. The maximum absolute atomic E-state index is 12.0. The summed E-state index contributed by atoms with van der Waals surface area (Å²) in [6.45, 7) is 4.95. The van der Waals surface area contributed by atoms with E-state index in [0.717, 1.165) is 5.70 Å². The summed E-state index contributed by atoms with van der Waals surface area (Å²) in [5.74, 6) is 0. The van der Waals surface area contributed by atoms with Gasteiger partial charge in [0.15, 0.2) is 6.33 Å². The van der Waals surface area contributed by atoms with Crippen molar-refractivity contribution < 1.29 is 9.63 Å². The predicted molar refractivity (Wildman–Crippen MR) is 60.8 cm³/mol. The van der Waals surface area contributed by atoms with Crippen LogP contribution in [-0.4, -0.2) is 61.9 Å². The molecule has 2 aliphatic heterocycles. The molecule has 2 aliphatic rings. The van der Waals surface area contributed by atoms with E-state index in [9.17, 15) is 4.79 Å². The van der Waals surface area contributed by atoms with Gasteiger partial charge < -0.3 is 4.90 Å². The van der Waals surface area contributed by atoms with Crippen molar-refractivity contribution in [3.63, 3.8) is 0 Å². The fourth-order valence-corrected chi connectivity index (χ4v) is 2.09. The first kappa shape index (κ1) is 10.9. The number of aromatic nitrogens is 4. The Kier molecular flexibility index (Phi) is 2.56. The molecule has 3 rings (SSSR count). The molecule has 94 valence electrons. The summed E-state index contributed by atoms with van der Waals surface area (Å²) in [5, 5.41) is 12.8. The fourth-order valence-electron chi connectivity index (χ4n) is 2.09. The molecule has 8 nitrogen and oxygen atoms in total. The Balaban J connectivity index is 1.83. The zero-order valence-electron chi connectivity index (χ0n) is 9.64. The molecule has 1 saturated heterocycles. The number of urea groups is 1. The average molecular weight is 248 g/mol. The van der Waals surface area contributed by atoms with Gasteiger partial charge in [0.1, 0.15) is 0 Å². The zero-order valence-corrected chi connectivity index (χ0v) is 9.64. The molecule has 0 aliphatic carbocycles. The largest absolute Gasteiger partial charge is 0.345 e. The van der Waals surface area contributed by atoms with Crippen LogP contribution in [0.4, 0.5) is 4.79 Å². The molecule has 0 aromatic carbocycles. The first-order valence-corrected chi connectivity index (χ1v) is 5.55. The molecule has 0 saturated carbocycles. The van der Waals surface area contributed by atoms with Gasteiger partial charge in [0, 0.05) is 6.54 Å². The molecule has 0 spiro atoms. The Morgan fingerprint density at radius 3 is 3.22 bits per heavy atom. The number of nitrogens with zero attached hydrogens (tertiary/aromatic N) is 6. The van der Waals surface area contributed by atoms with E-state index >= 15 is 0 Å². The molecule has 0 radical (unpaired) electrons. The Labute approximate surface area is 103 Å². The molecule has 2 bridgehead atoms. The molecule has 8 heteroatoms. The summed E-state index contributed by atoms with van der Waals surface area (Å²) in [6.07, 6.45) is 4.89. The molecular formula is C10H12N6O2. The van der Waals surface area contributed by atoms with Crippen LogP contribution in [0.5, 0.6) is 0 Å². The highest BCUT2D eigenvalue weighted by Gasteiger charge is 2.41. The van der Waals surface area contributed by atoms with E-state index in [1.54, 1.807) is 11.0 Å². The van der Waals surface area contributed by atoms with Gasteiger partial charge in [-0.05, 0) is 11.3 Å². The topological polar surface area (TPSA) is 76.4 Å². The van der Waals surface area contributed by atoms with Crippen molar-refractivity contribution in [1.29, 1.82) is 0 Å². The number of rotatable bonds is 4. The molecule has 1 fully saturated rings. The zero-order chi connectivity index (χ0) is 12.5. The van der Waals surface area contributed by atoms with Crippen LogP contribution in [-0.2, 0) is 4.84 Å². The van der Waals surface area contributed by atoms with Gasteiger partial charge >= 0.3 is 6.03 Å². The van der Waals surface area contributed by atoms with Crippen molar-refractivity contribution in [2.75, 3.05) is 19.7 Å². The Hall–Kier alpha value is -2.22. The van der Waals surface area contributed by atoms with E-state index in [1.165, 1.54) is 16.2 Å². The molecule has 18 heavy (non-hydrogen) atoms. The molecule has 3 heterocycles. The highest BCUT2D eigenvalue weighted by atomic mass is 16.7. The number of carbonyl (C=O) groups excluding carboxylic acids is 1. The van der Waals surface area contributed by atoms with Crippen LogP contribution in [0, 0.1) is 0 Å². The number of amides is 2. The number of carbonyl (C=O) groups is 1. The number of hydrogen-bond donors (Lipinski definition) is 0. The first-order valence-electron chi connectivity index (χ1n) is 5.55. The molecule has 2 amide bonds. The summed E-state index contributed by atoms with van der Waals surface area (Å²) < 4.78 is 0. The van der Waals surface area contributed by atoms with Crippen molar-refractivity contribution in [2.45, 2.75) is 6.04 Å².